The summed E-state index contributed by atoms with van der Waals surface area (Å²) in [5.74, 6) is 0. The van der Waals surface area contributed by atoms with E-state index in [1.54, 1.807) is 0 Å². The van der Waals surface area contributed by atoms with E-state index in [1.165, 1.54) is 29.9 Å². The molecule has 4 aromatic rings. The van der Waals surface area contributed by atoms with E-state index in [-0.39, 0.29) is 6.61 Å². The number of aromatic nitrogens is 3. The molecule has 1 N–H and O–H groups in total. The van der Waals surface area contributed by atoms with Gasteiger partial charge in [-0.25, -0.2) is 9.97 Å². The second kappa shape index (κ2) is 6.79. The molecule has 1 saturated heterocycles. The Labute approximate surface area is 161 Å². The zero-order chi connectivity index (χ0) is 18.2. The van der Waals surface area contributed by atoms with Crippen LogP contribution in [0.5, 0.6) is 0 Å². The van der Waals surface area contributed by atoms with E-state index in [0.717, 1.165) is 46.3 Å². The van der Waals surface area contributed by atoms with Crippen LogP contribution in [-0.4, -0.2) is 32.6 Å². The highest BCUT2D eigenvalue weighted by atomic mass is 32.1. The van der Waals surface area contributed by atoms with Crippen molar-refractivity contribution in [2.45, 2.75) is 19.4 Å². The molecule has 1 aliphatic rings. The van der Waals surface area contributed by atoms with Gasteiger partial charge in [-0.05, 0) is 37.1 Å². The molecule has 0 spiro atoms. The number of nitrogens with zero attached hydrogens (tertiary/aromatic N) is 4. The van der Waals surface area contributed by atoms with Crippen LogP contribution in [-0.2, 0) is 6.61 Å². The van der Waals surface area contributed by atoms with Crippen LogP contribution in [0.1, 0.15) is 17.8 Å². The second-order valence-corrected chi connectivity index (χ2v) is 7.78. The topological polar surface area (TPSA) is 53.7 Å². The monoisotopic (exact) mass is 376 g/mol. The van der Waals surface area contributed by atoms with E-state index < -0.39 is 0 Å². The third-order valence-corrected chi connectivity index (χ3v) is 5.90. The zero-order valence-electron chi connectivity index (χ0n) is 14.9. The van der Waals surface area contributed by atoms with Gasteiger partial charge >= 0.3 is 0 Å². The van der Waals surface area contributed by atoms with Gasteiger partial charge in [0.05, 0.1) is 18.0 Å². The summed E-state index contributed by atoms with van der Waals surface area (Å²) < 4.78 is 2.04. The fourth-order valence-corrected chi connectivity index (χ4v) is 4.28. The fraction of sp³-hybridized carbons (Fsp3) is 0.238. The average Bonchev–Trinajstić information content (AvgIpc) is 3.47. The molecular weight excluding hydrogens is 356 g/mol. The standard InChI is InChI=1S/C21H20N4OS/c26-13-21-23-19(14-27-21)16-5-8-20-22-18(12-25(20)11-16)15-3-6-17(7-4-15)24-9-1-2-10-24/h3-8,11-12,14,26H,1-2,9-10,13H2. The van der Waals surface area contributed by atoms with Gasteiger partial charge in [0.2, 0.25) is 0 Å². The van der Waals surface area contributed by atoms with Crippen LogP contribution in [0.25, 0.3) is 28.2 Å². The zero-order valence-corrected chi connectivity index (χ0v) is 15.7. The van der Waals surface area contributed by atoms with Gasteiger partial charge in [0, 0.05) is 47.7 Å². The lowest BCUT2D eigenvalue weighted by atomic mass is 10.1. The molecule has 27 heavy (non-hydrogen) atoms. The summed E-state index contributed by atoms with van der Waals surface area (Å²) in [6.07, 6.45) is 6.67. The maximum atomic E-state index is 9.22. The molecule has 0 saturated carbocycles. The summed E-state index contributed by atoms with van der Waals surface area (Å²) >= 11 is 1.47. The Bertz CT molecular complexity index is 1080. The van der Waals surface area contributed by atoms with Gasteiger partial charge in [-0.2, -0.15) is 0 Å². The van der Waals surface area contributed by atoms with Gasteiger partial charge in [-0.1, -0.05) is 12.1 Å². The quantitative estimate of drug-likeness (QED) is 0.579. The Morgan fingerprint density at radius 3 is 2.41 bits per heavy atom. The molecule has 1 aliphatic heterocycles. The summed E-state index contributed by atoms with van der Waals surface area (Å²) in [6, 6.07) is 12.7. The third-order valence-electron chi connectivity index (χ3n) is 5.07. The first-order valence-electron chi connectivity index (χ1n) is 9.20. The van der Waals surface area contributed by atoms with Crippen molar-refractivity contribution >= 4 is 22.7 Å². The van der Waals surface area contributed by atoms with Crippen molar-refractivity contribution in [3.63, 3.8) is 0 Å². The van der Waals surface area contributed by atoms with Gasteiger partial charge < -0.3 is 14.4 Å². The van der Waals surface area contributed by atoms with E-state index >= 15 is 0 Å². The molecule has 5 nitrogen and oxygen atoms in total. The number of anilines is 1. The van der Waals surface area contributed by atoms with E-state index in [1.807, 2.05) is 28.1 Å². The first-order chi connectivity index (χ1) is 13.3. The van der Waals surface area contributed by atoms with Crippen LogP contribution >= 0.6 is 11.3 Å². The number of thiazole rings is 1. The Hall–Kier alpha value is -2.70. The van der Waals surface area contributed by atoms with E-state index in [4.69, 9.17) is 4.98 Å². The highest BCUT2D eigenvalue weighted by Crippen LogP contribution is 2.27. The van der Waals surface area contributed by atoms with Crippen molar-refractivity contribution in [2.24, 2.45) is 0 Å². The van der Waals surface area contributed by atoms with Crippen molar-refractivity contribution in [2.75, 3.05) is 18.0 Å². The first-order valence-corrected chi connectivity index (χ1v) is 10.1. The number of aliphatic hydroxyl groups excluding tert-OH is 1. The fourth-order valence-electron chi connectivity index (χ4n) is 3.62. The molecule has 0 radical (unpaired) electrons. The van der Waals surface area contributed by atoms with Crippen LogP contribution in [0.2, 0.25) is 0 Å². The Morgan fingerprint density at radius 2 is 1.67 bits per heavy atom. The van der Waals surface area contributed by atoms with Crippen molar-refractivity contribution in [1.29, 1.82) is 0 Å². The van der Waals surface area contributed by atoms with Crippen LogP contribution in [0.15, 0.2) is 54.2 Å². The molecule has 0 atom stereocenters. The smallest absolute Gasteiger partial charge is 0.137 e. The summed E-state index contributed by atoms with van der Waals surface area (Å²) in [5.41, 5.74) is 6.21. The average molecular weight is 376 g/mol. The molecule has 6 heteroatoms. The third kappa shape index (κ3) is 3.11. The maximum absolute atomic E-state index is 9.22. The number of rotatable bonds is 4. The van der Waals surface area contributed by atoms with Crippen molar-refractivity contribution in [3.05, 3.63) is 59.2 Å². The minimum atomic E-state index is -0.0183. The largest absolute Gasteiger partial charge is 0.389 e. The summed E-state index contributed by atoms with van der Waals surface area (Å²) in [5, 5.41) is 11.9. The van der Waals surface area contributed by atoms with Crippen molar-refractivity contribution in [3.8, 4) is 22.5 Å². The van der Waals surface area contributed by atoms with Gasteiger partial charge in [-0.15, -0.1) is 11.3 Å². The Balaban J connectivity index is 1.45. The summed E-state index contributed by atoms with van der Waals surface area (Å²) in [6.45, 7) is 2.30. The van der Waals surface area contributed by atoms with Gasteiger partial charge in [0.25, 0.3) is 0 Å². The molecule has 1 fully saturated rings. The minimum Gasteiger partial charge on any atom is -0.389 e. The first kappa shape index (κ1) is 16.5. The molecule has 3 aromatic heterocycles. The van der Waals surface area contributed by atoms with E-state index in [9.17, 15) is 5.11 Å². The van der Waals surface area contributed by atoms with Crippen molar-refractivity contribution < 1.29 is 5.11 Å². The summed E-state index contributed by atoms with van der Waals surface area (Å²) in [4.78, 5) is 11.6. The molecular formula is C21H20N4OS. The lowest BCUT2D eigenvalue weighted by Gasteiger charge is -2.17. The number of imidazole rings is 1. The molecule has 0 bridgehead atoms. The summed E-state index contributed by atoms with van der Waals surface area (Å²) in [7, 11) is 0. The highest BCUT2D eigenvalue weighted by molar-refractivity contribution is 7.09. The number of hydrogen-bond donors (Lipinski definition) is 1. The highest BCUT2D eigenvalue weighted by Gasteiger charge is 2.13. The van der Waals surface area contributed by atoms with E-state index in [0.29, 0.717) is 0 Å². The lowest BCUT2D eigenvalue weighted by molar-refractivity contribution is 0.281. The van der Waals surface area contributed by atoms with Crippen LogP contribution < -0.4 is 4.90 Å². The Morgan fingerprint density at radius 1 is 0.889 bits per heavy atom. The van der Waals surface area contributed by atoms with E-state index in [2.05, 4.69) is 40.3 Å². The molecule has 1 aromatic carbocycles. The molecule has 136 valence electrons. The second-order valence-electron chi connectivity index (χ2n) is 6.84. The normalized spacial score (nSPS) is 14.3. The molecule has 0 aliphatic carbocycles. The van der Waals surface area contributed by atoms with Crippen LogP contribution in [0.4, 0.5) is 5.69 Å². The number of benzene rings is 1. The lowest BCUT2D eigenvalue weighted by Crippen LogP contribution is -2.17. The SMILES string of the molecule is OCc1nc(-c2ccc3nc(-c4ccc(N5CCCC5)cc4)cn3c2)cs1. The van der Waals surface area contributed by atoms with Crippen LogP contribution in [0, 0.1) is 0 Å². The molecule has 4 heterocycles. The van der Waals surface area contributed by atoms with Gasteiger partial charge in [0.1, 0.15) is 10.7 Å². The predicted molar refractivity (Wildman–Crippen MR) is 109 cm³/mol. The Kier molecular flexibility index (Phi) is 4.14. The predicted octanol–water partition coefficient (Wildman–Crippen LogP) is 4.22. The molecule has 0 amide bonds. The molecule has 5 rings (SSSR count). The van der Waals surface area contributed by atoms with Crippen LogP contribution in [0.3, 0.4) is 0 Å². The number of hydrogen-bond acceptors (Lipinski definition) is 5. The van der Waals surface area contributed by atoms with Gasteiger partial charge in [-0.3, -0.25) is 0 Å². The maximum Gasteiger partial charge on any atom is 0.137 e. The minimum absolute atomic E-state index is 0.0183. The number of fused-ring (bicyclic) bond motifs is 1. The van der Waals surface area contributed by atoms with Crippen molar-refractivity contribution in [1.82, 2.24) is 14.4 Å². The molecule has 0 unspecified atom stereocenters. The number of aliphatic hydroxyl groups is 1. The van der Waals surface area contributed by atoms with Gasteiger partial charge in [0.15, 0.2) is 0 Å². The number of pyridine rings is 1.